The minimum absolute atomic E-state index is 0.186. The molecule has 14 heavy (non-hydrogen) atoms. The first-order valence-corrected chi connectivity index (χ1v) is 4.93. The second kappa shape index (κ2) is 5.98. The molecular weight excluding hydrogens is 182 g/mol. The molecule has 0 aromatic heterocycles. The lowest BCUT2D eigenvalue weighted by Gasteiger charge is -2.20. The normalized spacial score (nSPS) is 13.8. The second-order valence-electron chi connectivity index (χ2n) is 4.11. The molecule has 84 valence electrons. The van der Waals surface area contributed by atoms with Crippen molar-refractivity contribution in [2.75, 3.05) is 13.2 Å². The highest BCUT2D eigenvalue weighted by Gasteiger charge is 2.16. The highest BCUT2D eigenvalue weighted by atomic mass is 16.5. The quantitative estimate of drug-likeness (QED) is 0.679. The lowest BCUT2D eigenvalue weighted by Crippen LogP contribution is -2.34. The number of carbonyl (C=O) groups is 1. The number of hydrogen-bond donors (Lipinski definition) is 1. The molecule has 0 saturated carbocycles. The first-order chi connectivity index (χ1) is 6.37. The predicted octanol–water partition coefficient (Wildman–Crippen LogP) is 1.08. The number of nitrogens with two attached hydrogens (primary N) is 1. The van der Waals surface area contributed by atoms with Gasteiger partial charge in [0.1, 0.15) is 6.04 Å². The van der Waals surface area contributed by atoms with E-state index in [0.29, 0.717) is 19.6 Å². The second-order valence-corrected chi connectivity index (χ2v) is 4.11. The molecule has 0 bridgehead atoms. The Kier molecular flexibility index (Phi) is 5.72. The van der Waals surface area contributed by atoms with Crippen LogP contribution in [0.25, 0.3) is 0 Å². The van der Waals surface area contributed by atoms with E-state index >= 15 is 0 Å². The summed E-state index contributed by atoms with van der Waals surface area (Å²) in [6.45, 7) is 8.49. The number of carbonyl (C=O) groups excluding carboxylic acids is 1. The van der Waals surface area contributed by atoms with Gasteiger partial charge in [-0.2, -0.15) is 0 Å². The fourth-order valence-electron chi connectivity index (χ4n) is 0.859. The van der Waals surface area contributed by atoms with Crippen LogP contribution in [-0.4, -0.2) is 30.8 Å². The van der Waals surface area contributed by atoms with E-state index in [1.807, 2.05) is 20.8 Å². The van der Waals surface area contributed by atoms with Crippen molar-refractivity contribution in [1.29, 1.82) is 0 Å². The van der Waals surface area contributed by atoms with Gasteiger partial charge in [0, 0.05) is 6.61 Å². The zero-order valence-electron chi connectivity index (χ0n) is 9.50. The molecule has 0 saturated heterocycles. The largest absolute Gasteiger partial charge is 0.465 e. The van der Waals surface area contributed by atoms with E-state index in [0.717, 1.165) is 0 Å². The predicted molar refractivity (Wildman–Crippen MR) is 54.9 cm³/mol. The van der Waals surface area contributed by atoms with E-state index in [-0.39, 0.29) is 11.6 Å². The Hall–Kier alpha value is -0.610. The van der Waals surface area contributed by atoms with Crippen LogP contribution >= 0.6 is 0 Å². The van der Waals surface area contributed by atoms with Crippen LogP contribution in [0.2, 0.25) is 0 Å². The summed E-state index contributed by atoms with van der Waals surface area (Å²) >= 11 is 0. The molecule has 0 rings (SSSR count). The Morgan fingerprint density at radius 2 is 2.00 bits per heavy atom. The Bertz CT molecular complexity index is 175. The van der Waals surface area contributed by atoms with Gasteiger partial charge < -0.3 is 15.2 Å². The number of hydrogen-bond acceptors (Lipinski definition) is 4. The van der Waals surface area contributed by atoms with Crippen molar-refractivity contribution in [1.82, 2.24) is 0 Å². The summed E-state index contributed by atoms with van der Waals surface area (Å²) in [5.41, 5.74) is 5.39. The van der Waals surface area contributed by atoms with Gasteiger partial charge in [0.05, 0.1) is 12.2 Å². The van der Waals surface area contributed by atoms with Crippen LogP contribution in [0.15, 0.2) is 0 Å². The van der Waals surface area contributed by atoms with Gasteiger partial charge in [-0.1, -0.05) is 0 Å². The van der Waals surface area contributed by atoms with Gasteiger partial charge >= 0.3 is 5.97 Å². The Labute approximate surface area is 85.8 Å². The fraction of sp³-hybridized carbons (Fsp3) is 0.900. The Morgan fingerprint density at radius 3 is 2.43 bits per heavy atom. The SMILES string of the molecule is CCOC(=O)[C@@H](N)CCOC(C)(C)C. The first-order valence-electron chi connectivity index (χ1n) is 4.93. The van der Waals surface area contributed by atoms with Crippen molar-refractivity contribution < 1.29 is 14.3 Å². The summed E-state index contributed by atoms with van der Waals surface area (Å²) in [4.78, 5) is 11.1. The van der Waals surface area contributed by atoms with Crippen molar-refractivity contribution in [3.8, 4) is 0 Å². The number of esters is 1. The van der Waals surface area contributed by atoms with Crippen LogP contribution in [0.5, 0.6) is 0 Å². The average molecular weight is 203 g/mol. The summed E-state index contributed by atoms with van der Waals surface area (Å²) in [6, 6.07) is -0.572. The molecule has 0 aliphatic heterocycles. The summed E-state index contributed by atoms with van der Waals surface area (Å²) in [7, 11) is 0. The topological polar surface area (TPSA) is 61.5 Å². The zero-order valence-corrected chi connectivity index (χ0v) is 9.50. The molecule has 0 unspecified atom stereocenters. The van der Waals surface area contributed by atoms with Crippen LogP contribution in [0.3, 0.4) is 0 Å². The van der Waals surface area contributed by atoms with Gasteiger partial charge in [-0.25, -0.2) is 0 Å². The van der Waals surface area contributed by atoms with Crippen LogP contribution < -0.4 is 5.73 Å². The third-order valence-electron chi connectivity index (χ3n) is 1.55. The van der Waals surface area contributed by atoms with Gasteiger partial charge in [-0.05, 0) is 34.1 Å². The van der Waals surface area contributed by atoms with Gasteiger partial charge in [0.25, 0.3) is 0 Å². The molecule has 0 aromatic rings. The lowest BCUT2D eigenvalue weighted by atomic mass is 10.2. The van der Waals surface area contributed by atoms with E-state index in [9.17, 15) is 4.79 Å². The molecular formula is C10H21NO3. The van der Waals surface area contributed by atoms with Crippen LogP contribution in [-0.2, 0) is 14.3 Å². The highest BCUT2D eigenvalue weighted by Crippen LogP contribution is 2.07. The van der Waals surface area contributed by atoms with Crippen LogP contribution in [0.1, 0.15) is 34.1 Å². The molecule has 0 spiro atoms. The van der Waals surface area contributed by atoms with Crippen molar-refractivity contribution in [2.24, 2.45) is 5.73 Å². The summed E-state index contributed by atoms with van der Waals surface area (Å²) < 4.78 is 10.2. The number of ether oxygens (including phenoxy) is 2. The first kappa shape index (κ1) is 13.4. The molecule has 4 nitrogen and oxygen atoms in total. The van der Waals surface area contributed by atoms with Crippen molar-refractivity contribution in [3.63, 3.8) is 0 Å². The van der Waals surface area contributed by atoms with Gasteiger partial charge in [0.2, 0.25) is 0 Å². The third-order valence-corrected chi connectivity index (χ3v) is 1.55. The lowest BCUT2D eigenvalue weighted by molar-refractivity contribution is -0.145. The summed E-state index contributed by atoms with van der Waals surface area (Å²) in [5.74, 6) is -0.356. The Balaban J connectivity index is 3.63. The summed E-state index contributed by atoms with van der Waals surface area (Å²) in [5, 5.41) is 0. The smallest absolute Gasteiger partial charge is 0.322 e. The molecule has 0 aliphatic rings. The Morgan fingerprint density at radius 1 is 1.43 bits per heavy atom. The van der Waals surface area contributed by atoms with Crippen LogP contribution in [0, 0.1) is 0 Å². The maximum atomic E-state index is 11.1. The monoisotopic (exact) mass is 203 g/mol. The maximum absolute atomic E-state index is 11.1. The molecule has 0 heterocycles. The van der Waals surface area contributed by atoms with E-state index in [2.05, 4.69) is 0 Å². The van der Waals surface area contributed by atoms with E-state index < -0.39 is 6.04 Å². The molecule has 0 aliphatic carbocycles. The van der Waals surface area contributed by atoms with E-state index in [4.69, 9.17) is 15.2 Å². The summed E-state index contributed by atoms with van der Waals surface area (Å²) in [6.07, 6.45) is 0.496. The minimum atomic E-state index is -0.572. The molecule has 0 fully saturated rings. The number of rotatable bonds is 5. The molecule has 1 atom stereocenters. The van der Waals surface area contributed by atoms with Crippen molar-refractivity contribution in [3.05, 3.63) is 0 Å². The van der Waals surface area contributed by atoms with Gasteiger partial charge in [0.15, 0.2) is 0 Å². The molecule has 2 N–H and O–H groups in total. The molecule has 0 radical (unpaired) electrons. The van der Waals surface area contributed by atoms with E-state index in [1.54, 1.807) is 6.92 Å². The average Bonchev–Trinajstić information content (AvgIpc) is 2.02. The van der Waals surface area contributed by atoms with Crippen LogP contribution in [0.4, 0.5) is 0 Å². The maximum Gasteiger partial charge on any atom is 0.322 e. The van der Waals surface area contributed by atoms with E-state index in [1.165, 1.54) is 0 Å². The molecule has 0 aromatic carbocycles. The highest BCUT2D eigenvalue weighted by molar-refractivity contribution is 5.75. The van der Waals surface area contributed by atoms with Gasteiger partial charge in [-0.3, -0.25) is 4.79 Å². The zero-order chi connectivity index (χ0) is 11.2. The third kappa shape index (κ3) is 6.86. The van der Waals surface area contributed by atoms with Crippen molar-refractivity contribution in [2.45, 2.75) is 45.8 Å². The van der Waals surface area contributed by atoms with Crippen molar-refractivity contribution >= 4 is 5.97 Å². The fourth-order valence-corrected chi connectivity index (χ4v) is 0.859. The minimum Gasteiger partial charge on any atom is -0.465 e. The van der Waals surface area contributed by atoms with Gasteiger partial charge in [-0.15, -0.1) is 0 Å². The standard InChI is InChI=1S/C10H21NO3/c1-5-13-9(12)8(11)6-7-14-10(2,3)4/h8H,5-7,11H2,1-4H3/t8-/m0/s1. The molecule has 4 heteroatoms. The molecule has 0 amide bonds.